The SMILES string of the molecule is Cn1nc(NC(=O)N2CCC(Cc3ccc(F)cc3)CC2)ccc1=O. The first-order valence-corrected chi connectivity index (χ1v) is 8.36. The number of aromatic nitrogens is 2. The monoisotopic (exact) mass is 344 g/mol. The number of benzene rings is 1. The van der Waals surface area contributed by atoms with E-state index < -0.39 is 0 Å². The van der Waals surface area contributed by atoms with Crippen LogP contribution in [0.3, 0.4) is 0 Å². The second kappa shape index (κ2) is 7.46. The maximum absolute atomic E-state index is 13.0. The number of hydrogen-bond donors (Lipinski definition) is 1. The van der Waals surface area contributed by atoms with E-state index in [2.05, 4.69) is 10.4 Å². The summed E-state index contributed by atoms with van der Waals surface area (Å²) in [5, 5.41) is 6.73. The Kier molecular flexibility index (Phi) is 5.11. The molecule has 1 aromatic heterocycles. The zero-order chi connectivity index (χ0) is 17.8. The molecule has 2 heterocycles. The molecular formula is C18H21FN4O2. The molecule has 0 aliphatic carbocycles. The minimum atomic E-state index is -0.223. The van der Waals surface area contributed by atoms with Crippen molar-refractivity contribution in [1.82, 2.24) is 14.7 Å². The fourth-order valence-corrected chi connectivity index (χ4v) is 3.05. The Bertz CT molecular complexity index is 795. The Hall–Kier alpha value is -2.70. The van der Waals surface area contributed by atoms with Crippen molar-refractivity contribution < 1.29 is 9.18 Å². The number of aryl methyl sites for hydroxylation is 1. The number of amides is 2. The van der Waals surface area contributed by atoms with E-state index in [1.54, 1.807) is 11.9 Å². The van der Waals surface area contributed by atoms with Gasteiger partial charge in [-0.15, -0.1) is 0 Å². The second-order valence-corrected chi connectivity index (χ2v) is 6.37. The van der Waals surface area contributed by atoms with Crippen molar-refractivity contribution in [1.29, 1.82) is 0 Å². The van der Waals surface area contributed by atoms with Gasteiger partial charge in [-0.05, 0) is 48.9 Å². The van der Waals surface area contributed by atoms with E-state index in [9.17, 15) is 14.0 Å². The van der Waals surface area contributed by atoms with Gasteiger partial charge in [-0.2, -0.15) is 5.10 Å². The first kappa shape index (κ1) is 17.1. The van der Waals surface area contributed by atoms with Crippen LogP contribution in [-0.2, 0) is 13.5 Å². The molecule has 0 bridgehead atoms. The number of carbonyl (C=O) groups excluding carboxylic acids is 1. The molecule has 1 saturated heterocycles. The minimum Gasteiger partial charge on any atom is -0.324 e. The molecule has 1 aliphatic heterocycles. The van der Waals surface area contributed by atoms with Gasteiger partial charge in [-0.1, -0.05) is 12.1 Å². The Morgan fingerprint density at radius 2 is 1.88 bits per heavy atom. The van der Waals surface area contributed by atoms with Crippen LogP contribution in [0.5, 0.6) is 0 Å². The highest BCUT2D eigenvalue weighted by Crippen LogP contribution is 2.22. The summed E-state index contributed by atoms with van der Waals surface area (Å²) in [6.07, 6.45) is 2.72. The Morgan fingerprint density at radius 3 is 2.52 bits per heavy atom. The fourth-order valence-electron chi connectivity index (χ4n) is 3.05. The molecule has 1 aliphatic rings. The predicted molar refractivity (Wildman–Crippen MR) is 92.9 cm³/mol. The van der Waals surface area contributed by atoms with Crippen LogP contribution in [0.15, 0.2) is 41.2 Å². The van der Waals surface area contributed by atoms with Crippen molar-refractivity contribution in [3.8, 4) is 0 Å². The van der Waals surface area contributed by atoms with E-state index in [0.29, 0.717) is 24.8 Å². The smallest absolute Gasteiger partial charge is 0.323 e. The fraction of sp³-hybridized carbons (Fsp3) is 0.389. The van der Waals surface area contributed by atoms with Crippen LogP contribution in [-0.4, -0.2) is 33.8 Å². The quantitative estimate of drug-likeness (QED) is 0.930. The van der Waals surface area contributed by atoms with Crippen molar-refractivity contribution in [3.05, 3.63) is 58.1 Å². The van der Waals surface area contributed by atoms with Gasteiger partial charge in [-0.3, -0.25) is 10.1 Å². The lowest BCUT2D eigenvalue weighted by Gasteiger charge is -2.32. The molecule has 1 N–H and O–H groups in total. The Morgan fingerprint density at radius 1 is 1.20 bits per heavy atom. The molecule has 7 heteroatoms. The summed E-state index contributed by atoms with van der Waals surface area (Å²) in [7, 11) is 1.54. The van der Waals surface area contributed by atoms with Crippen molar-refractivity contribution in [2.75, 3.05) is 18.4 Å². The number of halogens is 1. The number of piperidine rings is 1. The standard InChI is InChI=1S/C18H21FN4O2/c1-22-17(24)7-6-16(21-22)20-18(25)23-10-8-14(9-11-23)12-13-2-4-15(19)5-3-13/h2-7,14H,8-12H2,1H3,(H,20,21,25). The number of hydrogen-bond acceptors (Lipinski definition) is 3. The van der Waals surface area contributed by atoms with Crippen LogP contribution < -0.4 is 10.9 Å². The van der Waals surface area contributed by atoms with E-state index in [1.807, 2.05) is 12.1 Å². The van der Waals surface area contributed by atoms with Gasteiger partial charge in [0.15, 0.2) is 5.82 Å². The summed E-state index contributed by atoms with van der Waals surface area (Å²) in [5.41, 5.74) is 0.901. The average molecular weight is 344 g/mol. The molecule has 1 fully saturated rings. The molecule has 2 amide bonds. The Balaban J connectivity index is 1.51. The molecule has 25 heavy (non-hydrogen) atoms. The van der Waals surface area contributed by atoms with Gasteiger partial charge in [0.05, 0.1) is 0 Å². The molecule has 3 rings (SSSR count). The molecule has 0 radical (unpaired) electrons. The van der Waals surface area contributed by atoms with Gasteiger partial charge in [0.1, 0.15) is 5.82 Å². The average Bonchev–Trinajstić information content (AvgIpc) is 2.61. The van der Waals surface area contributed by atoms with E-state index >= 15 is 0 Å². The van der Waals surface area contributed by atoms with Crippen molar-refractivity contribution in [3.63, 3.8) is 0 Å². The molecule has 0 spiro atoms. The van der Waals surface area contributed by atoms with Crippen LogP contribution >= 0.6 is 0 Å². The number of anilines is 1. The summed E-state index contributed by atoms with van der Waals surface area (Å²) in [4.78, 5) is 25.4. The highest BCUT2D eigenvalue weighted by molar-refractivity contribution is 5.88. The third kappa shape index (κ3) is 4.43. The van der Waals surface area contributed by atoms with Crippen LogP contribution in [0.1, 0.15) is 18.4 Å². The topological polar surface area (TPSA) is 67.2 Å². The highest BCUT2D eigenvalue weighted by Gasteiger charge is 2.23. The van der Waals surface area contributed by atoms with Gasteiger partial charge in [0.2, 0.25) is 0 Å². The van der Waals surface area contributed by atoms with Crippen molar-refractivity contribution in [2.24, 2.45) is 13.0 Å². The maximum Gasteiger partial charge on any atom is 0.323 e. The van der Waals surface area contributed by atoms with Gasteiger partial charge < -0.3 is 4.90 Å². The van der Waals surface area contributed by atoms with Crippen LogP contribution in [0, 0.1) is 11.7 Å². The first-order chi connectivity index (χ1) is 12.0. The van der Waals surface area contributed by atoms with E-state index in [-0.39, 0.29) is 17.4 Å². The third-order valence-electron chi connectivity index (χ3n) is 4.53. The van der Waals surface area contributed by atoms with E-state index in [0.717, 1.165) is 24.8 Å². The zero-order valence-electron chi connectivity index (χ0n) is 14.1. The molecule has 132 valence electrons. The lowest BCUT2D eigenvalue weighted by atomic mass is 9.90. The lowest BCUT2D eigenvalue weighted by Crippen LogP contribution is -2.41. The zero-order valence-corrected chi connectivity index (χ0v) is 14.1. The molecule has 0 saturated carbocycles. The molecule has 6 nitrogen and oxygen atoms in total. The highest BCUT2D eigenvalue weighted by atomic mass is 19.1. The molecule has 2 aromatic rings. The van der Waals surface area contributed by atoms with Gasteiger partial charge >= 0.3 is 6.03 Å². The van der Waals surface area contributed by atoms with Gasteiger partial charge in [0, 0.05) is 26.2 Å². The normalized spacial score (nSPS) is 15.2. The van der Waals surface area contributed by atoms with Crippen LogP contribution in [0.2, 0.25) is 0 Å². The van der Waals surface area contributed by atoms with Crippen LogP contribution in [0.25, 0.3) is 0 Å². The first-order valence-electron chi connectivity index (χ1n) is 8.36. The third-order valence-corrected chi connectivity index (χ3v) is 4.53. The minimum absolute atomic E-state index is 0.202. The van der Waals surface area contributed by atoms with E-state index in [1.165, 1.54) is 28.9 Å². The Labute approximate surface area is 145 Å². The summed E-state index contributed by atoms with van der Waals surface area (Å²) in [5.74, 6) is 0.632. The summed E-state index contributed by atoms with van der Waals surface area (Å²) >= 11 is 0. The largest absolute Gasteiger partial charge is 0.324 e. The summed E-state index contributed by atoms with van der Waals surface area (Å²) in [6.45, 7) is 1.34. The number of rotatable bonds is 3. The number of carbonyl (C=O) groups is 1. The second-order valence-electron chi connectivity index (χ2n) is 6.37. The molecule has 1 aromatic carbocycles. The summed E-state index contributed by atoms with van der Waals surface area (Å²) in [6, 6.07) is 9.28. The molecular weight excluding hydrogens is 323 g/mol. The molecule has 0 unspecified atom stereocenters. The van der Waals surface area contributed by atoms with Gasteiger partial charge in [-0.25, -0.2) is 13.9 Å². The number of nitrogens with one attached hydrogen (secondary N) is 1. The number of urea groups is 1. The molecule has 0 atom stereocenters. The van der Waals surface area contributed by atoms with Crippen molar-refractivity contribution >= 4 is 11.8 Å². The van der Waals surface area contributed by atoms with Crippen LogP contribution in [0.4, 0.5) is 15.0 Å². The maximum atomic E-state index is 13.0. The van der Waals surface area contributed by atoms with Gasteiger partial charge in [0.25, 0.3) is 5.56 Å². The number of nitrogens with zero attached hydrogens (tertiary/aromatic N) is 3. The summed E-state index contributed by atoms with van der Waals surface area (Å²) < 4.78 is 14.1. The predicted octanol–water partition coefficient (Wildman–Crippen LogP) is 2.41. The van der Waals surface area contributed by atoms with Crippen molar-refractivity contribution in [2.45, 2.75) is 19.3 Å². The van der Waals surface area contributed by atoms with E-state index in [4.69, 9.17) is 0 Å². The number of likely N-dealkylation sites (tertiary alicyclic amines) is 1. The lowest BCUT2D eigenvalue weighted by molar-refractivity contribution is 0.182.